The van der Waals surface area contributed by atoms with Crippen LogP contribution >= 0.6 is 0 Å². The van der Waals surface area contributed by atoms with Gasteiger partial charge in [0.15, 0.2) is 0 Å². The molecular weight excluding hydrogens is 216 g/mol. The summed E-state index contributed by atoms with van der Waals surface area (Å²) in [7, 11) is 0. The minimum atomic E-state index is -2.45. The highest BCUT2D eigenvalue weighted by molar-refractivity contribution is 5.23. The number of hydrogen-bond acceptors (Lipinski definition) is 3. The molecule has 0 aliphatic heterocycles. The topological polar surface area (TPSA) is 52.5 Å². The van der Waals surface area contributed by atoms with E-state index in [0.29, 0.717) is 6.54 Å². The molecule has 3 nitrogen and oxygen atoms in total. The van der Waals surface area contributed by atoms with Gasteiger partial charge in [-0.2, -0.15) is 0 Å². The number of aliphatic hydroxyl groups is 2. The van der Waals surface area contributed by atoms with Gasteiger partial charge in [-0.3, -0.25) is 0 Å². The van der Waals surface area contributed by atoms with E-state index in [1.54, 1.807) is 12.1 Å². The summed E-state index contributed by atoms with van der Waals surface area (Å²) < 4.78 is 24.5. The van der Waals surface area contributed by atoms with Gasteiger partial charge >= 0.3 is 0 Å². The molecule has 0 radical (unpaired) electrons. The Bertz CT molecular complexity index is 299. The summed E-state index contributed by atoms with van der Waals surface area (Å²) in [5.74, 6) is 0. The number of nitrogens with one attached hydrogen (secondary N) is 1. The lowest BCUT2D eigenvalue weighted by Gasteiger charge is -2.13. The first-order valence-electron chi connectivity index (χ1n) is 4.99. The number of aliphatic hydroxyl groups excluding tert-OH is 2. The maximum Gasteiger partial charge on any atom is 0.263 e. The van der Waals surface area contributed by atoms with Gasteiger partial charge in [-0.1, -0.05) is 24.3 Å². The van der Waals surface area contributed by atoms with E-state index < -0.39 is 6.43 Å². The Morgan fingerprint density at radius 3 is 2.06 bits per heavy atom. The highest BCUT2D eigenvalue weighted by Crippen LogP contribution is 2.18. The van der Waals surface area contributed by atoms with Crippen LogP contribution in [0.5, 0.6) is 0 Å². The third kappa shape index (κ3) is 3.84. The molecule has 0 aromatic heterocycles. The van der Waals surface area contributed by atoms with Gasteiger partial charge < -0.3 is 15.5 Å². The number of rotatable bonds is 6. The molecule has 0 saturated heterocycles. The predicted molar refractivity (Wildman–Crippen MR) is 56.2 cm³/mol. The van der Waals surface area contributed by atoms with Crippen LogP contribution in [0, 0.1) is 0 Å². The largest absolute Gasteiger partial charge is 0.395 e. The summed E-state index contributed by atoms with van der Waals surface area (Å²) in [6.45, 7) is 0.104. The van der Waals surface area contributed by atoms with E-state index in [-0.39, 0.29) is 24.8 Å². The van der Waals surface area contributed by atoms with E-state index in [1.165, 1.54) is 12.1 Å². The van der Waals surface area contributed by atoms with E-state index in [9.17, 15) is 8.78 Å². The second-order valence-corrected chi connectivity index (χ2v) is 3.49. The van der Waals surface area contributed by atoms with E-state index in [2.05, 4.69) is 5.32 Å². The normalized spacial score (nSPS) is 11.4. The zero-order valence-electron chi connectivity index (χ0n) is 8.74. The molecule has 0 aliphatic rings. The fraction of sp³-hybridized carbons (Fsp3) is 0.455. The van der Waals surface area contributed by atoms with E-state index >= 15 is 0 Å². The zero-order valence-corrected chi connectivity index (χ0v) is 8.74. The van der Waals surface area contributed by atoms with E-state index in [1.807, 2.05) is 0 Å². The second-order valence-electron chi connectivity index (χ2n) is 3.49. The summed E-state index contributed by atoms with van der Waals surface area (Å²) in [6.07, 6.45) is -2.45. The molecule has 5 heteroatoms. The molecule has 0 saturated carbocycles. The molecule has 0 aliphatic carbocycles. The first kappa shape index (κ1) is 13.0. The van der Waals surface area contributed by atoms with Gasteiger partial charge in [-0.15, -0.1) is 0 Å². The van der Waals surface area contributed by atoms with Gasteiger partial charge in [0.1, 0.15) is 0 Å². The lowest BCUT2D eigenvalue weighted by molar-refractivity contribution is 0.151. The smallest absolute Gasteiger partial charge is 0.263 e. The maximum atomic E-state index is 12.2. The monoisotopic (exact) mass is 231 g/mol. The maximum absolute atomic E-state index is 12.2. The van der Waals surface area contributed by atoms with E-state index in [4.69, 9.17) is 10.2 Å². The average Bonchev–Trinajstić information content (AvgIpc) is 2.31. The van der Waals surface area contributed by atoms with E-state index in [0.717, 1.165) is 5.56 Å². The van der Waals surface area contributed by atoms with Crippen molar-refractivity contribution in [3.63, 3.8) is 0 Å². The molecule has 3 N–H and O–H groups in total. The Hall–Kier alpha value is -1.04. The number of hydrogen-bond donors (Lipinski definition) is 3. The number of halogens is 2. The van der Waals surface area contributed by atoms with Gasteiger partial charge in [0.25, 0.3) is 6.43 Å². The van der Waals surface area contributed by atoms with Gasteiger partial charge in [-0.25, -0.2) is 8.78 Å². The molecule has 0 atom stereocenters. The van der Waals surface area contributed by atoms with Crippen molar-refractivity contribution < 1.29 is 19.0 Å². The number of alkyl halides is 2. The third-order valence-corrected chi connectivity index (χ3v) is 2.27. The molecule has 0 fully saturated rings. The highest BCUT2D eigenvalue weighted by atomic mass is 19.3. The van der Waals surface area contributed by atoms with Crippen LogP contribution in [-0.4, -0.2) is 29.5 Å². The van der Waals surface area contributed by atoms with Crippen LogP contribution in [0.4, 0.5) is 8.78 Å². The summed E-state index contributed by atoms with van der Waals surface area (Å²) >= 11 is 0. The molecule has 90 valence electrons. The first-order valence-corrected chi connectivity index (χ1v) is 4.99. The van der Waals surface area contributed by atoms with Crippen LogP contribution in [0.15, 0.2) is 24.3 Å². The lowest BCUT2D eigenvalue weighted by Crippen LogP contribution is -2.35. The minimum Gasteiger partial charge on any atom is -0.395 e. The van der Waals surface area contributed by atoms with Crippen LogP contribution in [0.3, 0.4) is 0 Å². The SMILES string of the molecule is OCC(CO)NCc1ccc(C(F)F)cc1. The second kappa shape index (κ2) is 6.52. The first-order chi connectivity index (χ1) is 7.67. The molecular formula is C11H15F2NO2. The van der Waals surface area contributed by atoms with Crippen molar-refractivity contribution in [2.24, 2.45) is 0 Å². The summed E-state index contributed by atoms with van der Waals surface area (Å²) in [4.78, 5) is 0. The van der Waals surface area contributed by atoms with Crippen molar-refractivity contribution >= 4 is 0 Å². The summed E-state index contributed by atoms with van der Waals surface area (Å²) in [5, 5.41) is 20.5. The van der Waals surface area contributed by atoms with Crippen molar-refractivity contribution in [2.45, 2.75) is 19.0 Å². The van der Waals surface area contributed by atoms with Crippen molar-refractivity contribution in [3.05, 3.63) is 35.4 Å². The fourth-order valence-corrected chi connectivity index (χ4v) is 1.23. The Labute approximate surface area is 92.7 Å². The van der Waals surface area contributed by atoms with Crippen LogP contribution < -0.4 is 5.32 Å². The molecule has 1 aromatic rings. The minimum absolute atomic E-state index is 0.00961. The Balaban J connectivity index is 2.49. The Morgan fingerprint density at radius 1 is 1.06 bits per heavy atom. The van der Waals surface area contributed by atoms with Crippen LogP contribution in [0.25, 0.3) is 0 Å². The van der Waals surface area contributed by atoms with Gasteiger partial charge in [0.05, 0.1) is 19.3 Å². The third-order valence-electron chi connectivity index (χ3n) is 2.27. The molecule has 1 aromatic carbocycles. The molecule has 0 spiro atoms. The lowest BCUT2D eigenvalue weighted by atomic mass is 10.1. The van der Waals surface area contributed by atoms with Crippen molar-refractivity contribution in [3.8, 4) is 0 Å². The van der Waals surface area contributed by atoms with Crippen LogP contribution in [0.2, 0.25) is 0 Å². The van der Waals surface area contributed by atoms with Gasteiger partial charge in [0, 0.05) is 12.1 Å². The molecule has 16 heavy (non-hydrogen) atoms. The van der Waals surface area contributed by atoms with Crippen LogP contribution in [0.1, 0.15) is 17.6 Å². The highest BCUT2D eigenvalue weighted by Gasteiger charge is 2.07. The average molecular weight is 231 g/mol. The molecule has 0 unspecified atom stereocenters. The summed E-state index contributed by atoms with van der Waals surface area (Å²) in [5.41, 5.74) is 0.820. The van der Waals surface area contributed by atoms with Crippen molar-refractivity contribution in [1.29, 1.82) is 0 Å². The predicted octanol–water partition coefficient (Wildman–Crippen LogP) is 1.07. The van der Waals surface area contributed by atoms with Gasteiger partial charge in [-0.05, 0) is 5.56 Å². The summed E-state index contributed by atoms with van der Waals surface area (Å²) in [6, 6.07) is 5.55. The molecule has 0 heterocycles. The fourth-order valence-electron chi connectivity index (χ4n) is 1.23. The molecule has 0 amide bonds. The molecule has 1 rings (SSSR count). The van der Waals surface area contributed by atoms with Crippen LogP contribution in [-0.2, 0) is 6.54 Å². The quantitative estimate of drug-likeness (QED) is 0.686. The Kier molecular flexibility index (Phi) is 5.31. The Morgan fingerprint density at radius 2 is 1.62 bits per heavy atom. The van der Waals surface area contributed by atoms with Crippen molar-refractivity contribution in [1.82, 2.24) is 5.32 Å². The van der Waals surface area contributed by atoms with Crippen molar-refractivity contribution in [2.75, 3.05) is 13.2 Å². The zero-order chi connectivity index (χ0) is 12.0. The standard InChI is InChI=1S/C11H15F2NO2/c12-11(13)9-3-1-8(2-4-9)5-14-10(6-15)7-16/h1-4,10-11,14-16H,5-7H2. The molecule has 0 bridgehead atoms. The van der Waals surface area contributed by atoms with Gasteiger partial charge in [0.2, 0.25) is 0 Å². The number of benzene rings is 1.